The first kappa shape index (κ1) is 11.1. The molecule has 0 heterocycles. The summed E-state index contributed by atoms with van der Waals surface area (Å²) in [5.41, 5.74) is 0.987. The average molecular weight is 239 g/mol. The van der Waals surface area contributed by atoms with Gasteiger partial charge in [0.05, 0.1) is 15.1 Å². The Morgan fingerprint density at radius 3 is 2.23 bits per heavy atom. The summed E-state index contributed by atoms with van der Waals surface area (Å²) in [7, 11) is 3.94. The zero-order valence-corrected chi connectivity index (χ0v) is 9.71. The van der Waals surface area contributed by atoms with Crippen LogP contribution in [-0.2, 0) is 6.54 Å². The molecule has 4 heteroatoms. The van der Waals surface area contributed by atoms with Gasteiger partial charge >= 0.3 is 0 Å². The third-order valence-corrected chi connectivity index (χ3v) is 2.93. The predicted octanol–water partition coefficient (Wildman–Crippen LogP) is 3.71. The van der Waals surface area contributed by atoms with E-state index in [4.69, 9.17) is 34.8 Å². The van der Waals surface area contributed by atoms with E-state index in [0.29, 0.717) is 15.1 Å². The van der Waals surface area contributed by atoms with Crippen molar-refractivity contribution in [2.75, 3.05) is 14.1 Å². The average Bonchev–Trinajstić information content (AvgIpc) is 2.06. The molecule has 0 saturated heterocycles. The second-order valence-electron chi connectivity index (χ2n) is 3.07. The Labute approximate surface area is 93.2 Å². The van der Waals surface area contributed by atoms with Gasteiger partial charge in [-0.1, -0.05) is 40.9 Å². The minimum atomic E-state index is 0.433. The summed E-state index contributed by atoms with van der Waals surface area (Å²) in [6, 6.07) is 3.64. The maximum Gasteiger partial charge on any atom is 0.0781 e. The van der Waals surface area contributed by atoms with Gasteiger partial charge in [-0.2, -0.15) is 0 Å². The Morgan fingerprint density at radius 2 is 1.69 bits per heavy atom. The van der Waals surface area contributed by atoms with E-state index in [2.05, 4.69) is 0 Å². The van der Waals surface area contributed by atoms with E-state index in [1.165, 1.54) is 0 Å². The fourth-order valence-corrected chi connectivity index (χ4v) is 1.64. The van der Waals surface area contributed by atoms with E-state index in [-0.39, 0.29) is 0 Å². The second-order valence-corrected chi connectivity index (χ2v) is 4.24. The predicted molar refractivity (Wildman–Crippen MR) is 58.9 cm³/mol. The highest BCUT2D eigenvalue weighted by atomic mass is 35.5. The first-order valence-corrected chi connectivity index (χ1v) is 4.93. The van der Waals surface area contributed by atoms with E-state index in [9.17, 15) is 0 Å². The van der Waals surface area contributed by atoms with Gasteiger partial charge in [0.15, 0.2) is 0 Å². The van der Waals surface area contributed by atoms with Gasteiger partial charge < -0.3 is 4.90 Å². The standard InChI is InChI=1S/C9H10Cl3N/c1-13(2)5-6-3-4-7(10)9(12)8(6)11/h3-4H,5H2,1-2H3. The summed E-state index contributed by atoms with van der Waals surface area (Å²) in [4.78, 5) is 2.02. The Morgan fingerprint density at radius 1 is 1.08 bits per heavy atom. The molecule has 13 heavy (non-hydrogen) atoms. The molecule has 1 aromatic rings. The van der Waals surface area contributed by atoms with Crippen LogP contribution in [-0.4, -0.2) is 19.0 Å². The van der Waals surface area contributed by atoms with Gasteiger partial charge in [0, 0.05) is 6.54 Å². The molecule has 0 amide bonds. The van der Waals surface area contributed by atoms with Crippen LogP contribution < -0.4 is 0 Å². The summed E-state index contributed by atoms with van der Waals surface area (Å²) in [6.45, 7) is 0.760. The number of nitrogens with zero attached hydrogens (tertiary/aromatic N) is 1. The molecule has 0 saturated carbocycles. The minimum absolute atomic E-state index is 0.433. The van der Waals surface area contributed by atoms with Crippen LogP contribution in [0.25, 0.3) is 0 Å². The molecule has 1 rings (SSSR count). The smallest absolute Gasteiger partial charge is 0.0781 e. The Hall–Kier alpha value is 0.0500. The van der Waals surface area contributed by atoms with Crippen molar-refractivity contribution in [1.29, 1.82) is 0 Å². The van der Waals surface area contributed by atoms with Crippen LogP contribution in [0.3, 0.4) is 0 Å². The van der Waals surface area contributed by atoms with Crippen molar-refractivity contribution in [3.8, 4) is 0 Å². The van der Waals surface area contributed by atoms with E-state index in [1.54, 1.807) is 6.07 Å². The maximum atomic E-state index is 6.00. The zero-order chi connectivity index (χ0) is 10.0. The van der Waals surface area contributed by atoms with Crippen molar-refractivity contribution in [2.45, 2.75) is 6.54 Å². The highest BCUT2D eigenvalue weighted by molar-refractivity contribution is 6.48. The van der Waals surface area contributed by atoms with Gasteiger partial charge in [-0.3, -0.25) is 0 Å². The fraction of sp³-hybridized carbons (Fsp3) is 0.333. The third-order valence-electron chi connectivity index (χ3n) is 1.60. The van der Waals surface area contributed by atoms with Crippen LogP contribution in [0.1, 0.15) is 5.56 Å². The lowest BCUT2D eigenvalue weighted by Gasteiger charge is -2.12. The summed E-state index contributed by atoms with van der Waals surface area (Å²) in [5, 5.41) is 1.47. The summed E-state index contributed by atoms with van der Waals surface area (Å²) in [6.07, 6.45) is 0. The van der Waals surface area contributed by atoms with Crippen molar-refractivity contribution < 1.29 is 0 Å². The largest absolute Gasteiger partial charge is 0.305 e. The Kier molecular flexibility index (Phi) is 3.87. The third kappa shape index (κ3) is 2.75. The molecule has 0 aliphatic carbocycles. The molecule has 0 spiro atoms. The van der Waals surface area contributed by atoms with Gasteiger partial charge in [0.1, 0.15) is 0 Å². The van der Waals surface area contributed by atoms with Crippen molar-refractivity contribution in [3.05, 3.63) is 32.8 Å². The zero-order valence-electron chi connectivity index (χ0n) is 7.44. The van der Waals surface area contributed by atoms with E-state index < -0.39 is 0 Å². The molecular weight excluding hydrogens is 228 g/mol. The minimum Gasteiger partial charge on any atom is -0.305 e. The molecule has 72 valence electrons. The van der Waals surface area contributed by atoms with Gasteiger partial charge in [-0.05, 0) is 25.7 Å². The van der Waals surface area contributed by atoms with E-state index in [0.717, 1.165) is 12.1 Å². The molecule has 0 unspecified atom stereocenters. The van der Waals surface area contributed by atoms with Crippen molar-refractivity contribution in [3.63, 3.8) is 0 Å². The van der Waals surface area contributed by atoms with Crippen LogP contribution in [0.15, 0.2) is 12.1 Å². The first-order chi connectivity index (χ1) is 6.02. The van der Waals surface area contributed by atoms with Gasteiger partial charge in [-0.25, -0.2) is 0 Å². The monoisotopic (exact) mass is 237 g/mol. The molecule has 0 fully saturated rings. The quantitative estimate of drug-likeness (QED) is 0.710. The highest BCUT2D eigenvalue weighted by Crippen LogP contribution is 2.32. The van der Waals surface area contributed by atoms with Crippen molar-refractivity contribution in [1.82, 2.24) is 4.90 Å². The van der Waals surface area contributed by atoms with E-state index in [1.807, 2.05) is 25.1 Å². The number of hydrogen-bond acceptors (Lipinski definition) is 1. The number of benzene rings is 1. The van der Waals surface area contributed by atoms with Crippen molar-refractivity contribution >= 4 is 34.8 Å². The molecule has 1 nitrogen and oxygen atoms in total. The lowest BCUT2D eigenvalue weighted by molar-refractivity contribution is 0.402. The molecule has 0 N–H and O–H groups in total. The maximum absolute atomic E-state index is 6.00. The van der Waals surface area contributed by atoms with Crippen LogP contribution in [0.2, 0.25) is 15.1 Å². The second kappa shape index (κ2) is 4.52. The summed E-state index contributed by atoms with van der Waals surface area (Å²) >= 11 is 17.7. The molecule has 0 bridgehead atoms. The van der Waals surface area contributed by atoms with Crippen LogP contribution in [0, 0.1) is 0 Å². The van der Waals surface area contributed by atoms with E-state index >= 15 is 0 Å². The lowest BCUT2D eigenvalue weighted by Crippen LogP contribution is -2.10. The molecular formula is C9H10Cl3N. The molecule has 0 radical (unpaired) electrons. The Bertz CT molecular complexity index is 310. The van der Waals surface area contributed by atoms with Crippen LogP contribution >= 0.6 is 34.8 Å². The summed E-state index contributed by atoms with van der Waals surface area (Å²) < 4.78 is 0. The van der Waals surface area contributed by atoms with Crippen molar-refractivity contribution in [2.24, 2.45) is 0 Å². The van der Waals surface area contributed by atoms with Gasteiger partial charge in [-0.15, -0.1) is 0 Å². The number of hydrogen-bond donors (Lipinski definition) is 0. The first-order valence-electron chi connectivity index (χ1n) is 3.79. The number of rotatable bonds is 2. The normalized spacial score (nSPS) is 10.9. The van der Waals surface area contributed by atoms with Gasteiger partial charge in [0.25, 0.3) is 0 Å². The summed E-state index contributed by atoms with van der Waals surface area (Å²) in [5.74, 6) is 0. The molecule has 0 atom stereocenters. The van der Waals surface area contributed by atoms with Gasteiger partial charge in [0.2, 0.25) is 0 Å². The topological polar surface area (TPSA) is 3.24 Å². The highest BCUT2D eigenvalue weighted by Gasteiger charge is 2.08. The Balaban J connectivity index is 3.04. The number of halogens is 3. The molecule has 0 aliphatic heterocycles. The molecule has 1 aromatic carbocycles. The molecule has 0 aromatic heterocycles. The van der Waals surface area contributed by atoms with Crippen LogP contribution in [0.4, 0.5) is 0 Å². The fourth-order valence-electron chi connectivity index (χ4n) is 1.03. The lowest BCUT2D eigenvalue weighted by atomic mass is 10.2. The molecule has 0 aliphatic rings. The SMILES string of the molecule is CN(C)Cc1ccc(Cl)c(Cl)c1Cl. The van der Waals surface area contributed by atoms with Crippen LogP contribution in [0.5, 0.6) is 0 Å².